The Morgan fingerprint density at radius 1 is 1.22 bits per heavy atom. The van der Waals surface area contributed by atoms with Gasteiger partial charge in [0.05, 0.1) is 29.4 Å². The smallest absolute Gasteiger partial charge is 0.261 e. The number of phenols is 1. The van der Waals surface area contributed by atoms with E-state index in [4.69, 9.17) is 26.8 Å². The molecule has 0 bridgehead atoms. The number of benzene rings is 2. The number of rotatable bonds is 5. The molecule has 1 fully saturated rings. The second-order valence-corrected chi connectivity index (χ2v) is 8.03. The van der Waals surface area contributed by atoms with Crippen LogP contribution >= 0.6 is 11.6 Å². The summed E-state index contributed by atoms with van der Waals surface area (Å²) in [6.07, 6.45) is 0. The van der Waals surface area contributed by atoms with Gasteiger partial charge in [0, 0.05) is 37.2 Å². The molecule has 4 N–H and O–H groups in total. The molecule has 0 unspecified atom stereocenters. The fourth-order valence-corrected chi connectivity index (χ4v) is 4.11. The number of nitrogen functional groups attached to an aromatic ring is 1. The van der Waals surface area contributed by atoms with E-state index in [0.29, 0.717) is 34.1 Å². The first-order chi connectivity index (χ1) is 15.5. The minimum absolute atomic E-state index is 0.0148. The van der Waals surface area contributed by atoms with Gasteiger partial charge in [-0.1, -0.05) is 11.6 Å². The van der Waals surface area contributed by atoms with E-state index in [-0.39, 0.29) is 22.5 Å². The van der Waals surface area contributed by atoms with Crippen molar-refractivity contribution in [3.63, 3.8) is 0 Å². The zero-order chi connectivity index (χ0) is 22.2. The van der Waals surface area contributed by atoms with Crippen LogP contribution in [0.1, 0.15) is 0 Å². The summed E-state index contributed by atoms with van der Waals surface area (Å²) in [5.74, 6) is 0.812. The van der Waals surface area contributed by atoms with E-state index in [0.717, 1.165) is 38.2 Å². The first-order valence-corrected chi connectivity index (χ1v) is 10.6. The van der Waals surface area contributed by atoms with Crippen molar-refractivity contribution in [2.45, 2.75) is 0 Å². The van der Waals surface area contributed by atoms with Crippen molar-refractivity contribution in [3.05, 3.63) is 51.8 Å². The van der Waals surface area contributed by atoms with E-state index < -0.39 is 0 Å². The standard InChI is InChI=1S/C22H22ClN5O4/c23-16-4-1-13(29)11-18(16)28-21(24)19-20(26-28)15-3-2-14(12-17(15)25-22(19)30)32-10-7-27-5-8-31-9-6-27/h1-4,11-12,29H,5-10,24H2,(H,25,30). The number of H-pyrrole nitrogens is 1. The van der Waals surface area contributed by atoms with Crippen molar-refractivity contribution < 1.29 is 14.6 Å². The molecule has 166 valence electrons. The van der Waals surface area contributed by atoms with Crippen LogP contribution in [-0.4, -0.2) is 64.2 Å². The molecule has 2 aromatic heterocycles. The van der Waals surface area contributed by atoms with Gasteiger partial charge in [0.2, 0.25) is 0 Å². The van der Waals surface area contributed by atoms with Gasteiger partial charge in [0.1, 0.15) is 34.8 Å². The zero-order valence-electron chi connectivity index (χ0n) is 17.2. The molecule has 10 heteroatoms. The van der Waals surface area contributed by atoms with E-state index in [9.17, 15) is 9.90 Å². The van der Waals surface area contributed by atoms with Crippen LogP contribution in [0.5, 0.6) is 11.5 Å². The normalized spacial score (nSPS) is 14.9. The molecule has 4 aromatic rings. The average Bonchev–Trinajstić information content (AvgIpc) is 3.14. The molecular weight excluding hydrogens is 434 g/mol. The van der Waals surface area contributed by atoms with Crippen molar-refractivity contribution in [3.8, 4) is 17.2 Å². The molecule has 5 rings (SSSR count). The Balaban J connectivity index is 1.49. The second kappa shape index (κ2) is 8.34. The van der Waals surface area contributed by atoms with Crippen LogP contribution in [0.3, 0.4) is 0 Å². The number of phenolic OH excluding ortho intramolecular Hbond substituents is 1. The number of anilines is 1. The number of nitrogens with two attached hydrogens (primary N) is 1. The molecule has 0 radical (unpaired) electrons. The van der Waals surface area contributed by atoms with Gasteiger partial charge in [-0.3, -0.25) is 9.69 Å². The lowest BCUT2D eigenvalue weighted by molar-refractivity contribution is 0.0322. The maximum atomic E-state index is 12.8. The Morgan fingerprint density at radius 3 is 2.84 bits per heavy atom. The van der Waals surface area contributed by atoms with E-state index in [1.54, 1.807) is 12.1 Å². The SMILES string of the molecule is Nc1c2c(=O)[nH]c3cc(OCCN4CCOCC4)ccc3c2nn1-c1cc(O)ccc1Cl. The number of ether oxygens (including phenoxy) is 2. The number of hydrogen-bond donors (Lipinski definition) is 3. The monoisotopic (exact) mass is 455 g/mol. The first kappa shape index (κ1) is 20.6. The zero-order valence-corrected chi connectivity index (χ0v) is 17.9. The number of fused-ring (bicyclic) bond motifs is 3. The highest BCUT2D eigenvalue weighted by atomic mass is 35.5. The molecule has 0 spiro atoms. The number of aromatic amines is 1. The molecule has 9 nitrogen and oxygen atoms in total. The molecule has 0 aliphatic carbocycles. The molecule has 1 saturated heterocycles. The van der Waals surface area contributed by atoms with E-state index in [1.807, 2.05) is 12.1 Å². The number of aromatic nitrogens is 3. The molecule has 3 heterocycles. The van der Waals surface area contributed by atoms with Gasteiger partial charge in [-0.25, -0.2) is 4.68 Å². The predicted octanol–water partition coefficient (Wildman–Crippen LogP) is 2.52. The van der Waals surface area contributed by atoms with Gasteiger partial charge in [0.15, 0.2) is 0 Å². The molecular formula is C22H22ClN5O4. The van der Waals surface area contributed by atoms with Gasteiger partial charge in [-0.15, -0.1) is 0 Å². The molecule has 2 aromatic carbocycles. The Bertz CT molecular complexity index is 1360. The minimum Gasteiger partial charge on any atom is -0.508 e. The van der Waals surface area contributed by atoms with E-state index >= 15 is 0 Å². The Labute approximate surface area is 187 Å². The fourth-order valence-electron chi connectivity index (χ4n) is 3.92. The number of pyridine rings is 1. The molecule has 0 amide bonds. The quantitative estimate of drug-likeness (QED) is 0.423. The predicted molar refractivity (Wildman–Crippen MR) is 123 cm³/mol. The van der Waals surface area contributed by atoms with Crippen molar-refractivity contribution in [1.82, 2.24) is 19.7 Å². The molecule has 0 saturated carbocycles. The molecule has 0 atom stereocenters. The highest BCUT2D eigenvalue weighted by molar-refractivity contribution is 6.32. The van der Waals surface area contributed by atoms with Gasteiger partial charge >= 0.3 is 0 Å². The second-order valence-electron chi connectivity index (χ2n) is 7.62. The van der Waals surface area contributed by atoms with Crippen LogP contribution in [0.15, 0.2) is 41.2 Å². The Hall–Kier alpha value is -3.27. The number of morpholine rings is 1. The lowest BCUT2D eigenvalue weighted by atomic mass is 10.1. The summed E-state index contributed by atoms with van der Waals surface area (Å²) in [5, 5.41) is 15.7. The summed E-state index contributed by atoms with van der Waals surface area (Å²) in [5.41, 5.74) is 7.31. The average molecular weight is 456 g/mol. The van der Waals surface area contributed by atoms with Gasteiger partial charge in [-0.05, 0) is 24.3 Å². The van der Waals surface area contributed by atoms with Crippen LogP contribution in [0, 0.1) is 0 Å². The van der Waals surface area contributed by atoms with Gasteiger partial charge in [0.25, 0.3) is 5.56 Å². The maximum absolute atomic E-state index is 12.8. The molecule has 1 aliphatic rings. The van der Waals surface area contributed by atoms with Crippen LogP contribution in [0.25, 0.3) is 27.5 Å². The van der Waals surface area contributed by atoms with Crippen LogP contribution in [0.4, 0.5) is 5.82 Å². The lowest BCUT2D eigenvalue weighted by Gasteiger charge is -2.26. The number of aromatic hydroxyl groups is 1. The number of nitrogens with one attached hydrogen (secondary N) is 1. The van der Waals surface area contributed by atoms with Gasteiger partial charge in [-0.2, -0.15) is 5.10 Å². The number of hydrogen-bond acceptors (Lipinski definition) is 7. The van der Waals surface area contributed by atoms with E-state index in [2.05, 4.69) is 15.0 Å². The summed E-state index contributed by atoms with van der Waals surface area (Å²) in [7, 11) is 0. The third-order valence-electron chi connectivity index (χ3n) is 5.58. The molecule has 32 heavy (non-hydrogen) atoms. The highest BCUT2D eigenvalue weighted by Crippen LogP contribution is 2.32. The summed E-state index contributed by atoms with van der Waals surface area (Å²) < 4.78 is 12.6. The highest BCUT2D eigenvalue weighted by Gasteiger charge is 2.19. The molecule has 1 aliphatic heterocycles. The van der Waals surface area contributed by atoms with Crippen molar-refractivity contribution in [2.75, 3.05) is 45.2 Å². The fraction of sp³-hybridized carbons (Fsp3) is 0.273. The summed E-state index contributed by atoms with van der Waals surface area (Å²) in [4.78, 5) is 18.0. The van der Waals surface area contributed by atoms with E-state index in [1.165, 1.54) is 16.8 Å². The maximum Gasteiger partial charge on any atom is 0.261 e. The Kier molecular flexibility index (Phi) is 5.38. The third-order valence-corrected chi connectivity index (χ3v) is 5.90. The van der Waals surface area contributed by atoms with Gasteiger partial charge < -0.3 is 25.3 Å². The summed E-state index contributed by atoms with van der Waals surface area (Å²) in [6.45, 7) is 4.64. The number of halogens is 1. The van der Waals surface area contributed by atoms with Crippen LogP contribution in [0.2, 0.25) is 5.02 Å². The van der Waals surface area contributed by atoms with Crippen molar-refractivity contribution in [2.24, 2.45) is 0 Å². The lowest BCUT2D eigenvalue weighted by Crippen LogP contribution is -2.38. The summed E-state index contributed by atoms with van der Waals surface area (Å²) >= 11 is 6.27. The van der Waals surface area contributed by atoms with Crippen molar-refractivity contribution >= 4 is 39.2 Å². The first-order valence-electron chi connectivity index (χ1n) is 10.3. The topological polar surface area (TPSA) is 119 Å². The van der Waals surface area contributed by atoms with Crippen LogP contribution in [-0.2, 0) is 4.74 Å². The van der Waals surface area contributed by atoms with Crippen molar-refractivity contribution in [1.29, 1.82) is 0 Å². The third kappa shape index (κ3) is 3.75. The largest absolute Gasteiger partial charge is 0.508 e. The summed E-state index contributed by atoms with van der Waals surface area (Å²) in [6, 6.07) is 9.93. The minimum atomic E-state index is -0.363. The Morgan fingerprint density at radius 2 is 2.03 bits per heavy atom. The number of nitrogens with zero attached hydrogens (tertiary/aromatic N) is 3. The van der Waals surface area contributed by atoms with Crippen LogP contribution < -0.4 is 16.0 Å².